The van der Waals surface area contributed by atoms with Crippen LogP contribution in [0.25, 0.3) is 0 Å². The zero-order valence-electron chi connectivity index (χ0n) is 13.1. The van der Waals surface area contributed by atoms with Gasteiger partial charge >= 0.3 is 0 Å². The van der Waals surface area contributed by atoms with Crippen molar-refractivity contribution in [3.05, 3.63) is 65.7 Å². The van der Waals surface area contributed by atoms with Crippen LogP contribution in [0.5, 0.6) is 0 Å². The van der Waals surface area contributed by atoms with E-state index in [1.807, 2.05) is 59.5 Å². The van der Waals surface area contributed by atoms with Crippen molar-refractivity contribution in [1.29, 1.82) is 0 Å². The molecular weight excluding hydrogens is 272 g/mol. The molecular formula is C19H22N2O. The van der Waals surface area contributed by atoms with Gasteiger partial charge in [0.15, 0.2) is 0 Å². The highest BCUT2D eigenvalue weighted by Gasteiger charge is 2.36. The van der Waals surface area contributed by atoms with Crippen molar-refractivity contribution in [2.45, 2.75) is 26.4 Å². The largest absolute Gasteiger partial charge is 0.361 e. The third kappa shape index (κ3) is 2.84. The molecule has 0 saturated heterocycles. The van der Waals surface area contributed by atoms with Crippen LogP contribution < -0.4 is 5.32 Å². The van der Waals surface area contributed by atoms with E-state index < -0.39 is 0 Å². The van der Waals surface area contributed by atoms with Gasteiger partial charge in [-0.2, -0.15) is 0 Å². The number of hydrogen-bond donors (Lipinski definition) is 1. The molecule has 3 nitrogen and oxygen atoms in total. The highest BCUT2D eigenvalue weighted by atomic mass is 16.2. The Balaban J connectivity index is 1.89. The summed E-state index contributed by atoms with van der Waals surface area (Å²) in [4.78, 5) is 14.7. The smallest absolute Gasteiger partial charge is 0.256 e. The molecule has 2 aromatic rings. The summed E-state index contributed by atoms with van der Waals surface area (Å²) in [6.07, 6.45) is 0.928. The van der Waals surface area contributed by atoms with Crippen molar-refractivity contribution in [1.82, 2.24) is 4.90 Å². The molecule has 0 bridgehead atoms. The second-order valence-electron chi connectivity index (χ2n) is 6.18. The van der Waals surface area contributed by atoms with Crippen LogP contribution in [0.1, 0.15) is 42.4 Å². The summed E-state index contributed by atoms with van der Waals surface area (Å²) in [6, 6.07) is 18.0. The van der Waals surface area contributed by atoms with Gasteiger partial charge in [0.05, 0.1) is 0 Å². The predicted molar refractivity (Wildman–Crippen MR) is 89.7 cm³/mol. The Kier molecular flexibility index (Phi) is 4.14. The fraction of sp³-hybridized carbons (Fsp3) is 0.316. The average molecular weight is 294 g/mol. The number of carbonyl (C=O) groups excluding carboxylic acids is 1. The van der Waals surface area contributed by atoms with Crippen LogP contribution in [-0.2, 0) is 0 Å². The Morgan fingerprint density at radius 3 is 2.45 bits per heavy atom. The molecule has 1 N–H and O–H groups in total. The molecule has 1 heterocycles. The van der Waals surface area contributed by atoms with Gasteiger partial charge in [-0.3, -0.25) is 4.79 Å². The first-order valence-corrected chi connectivity index (χ1v) is 7.88. The van der Waals surface area contributed by atoms with Crippen LogP contribution >= 0.6 is 0 Å². The normalized spacial score (nSPS) is 17.0. The minimum absolute atomic E-state index is 0.0788. The third-order valence-corrected chi connectivity index (χ3v) is 4.08. The minimum Gasteiger partial charge on any atom is -0.361 e. The highest BCUT2D eigenvalue weighted by molar-refractivity contribution is 5.99. The maximum Gasteiger partial charge on any atom is 0.256 e. The van der Waals surface area contributed by atoms with Crippen molar-refractivity contribution in [3.8, 4) is 0 Å². The first kappa shape index (κ1) is 14.6. The summed E-state index contributed by atoms with van der Waals surface area (Å²) in [5.41, 5.74) is 2.92. The third-order valence-electron chi connectivity index (χ3n) is 4.08. The van der Waals surface area contributed by atoms with E-state index in [9.17, 15) is 4.79 Å². The summed E-state index contributed by atoms with van der Waals surface area (Å²) >= 11 is 0. The summed E-state index contributed by atoms with van der Waals surface area (Å²) in [7, 11) is 0. The Morgan fingerprint density at radius 1 is 1.05 bits per heavy atom. The van der Waals surface area contributed by atoms with Crippen molar-refractivity contribution in [2.75, 3.05) is 11.9 Å². The number of benzene rings is 2. The van der Waals surface area contributed by atoms with Gasteiger partial charge in [-0.05, 0) is 30.5 Å². The molecule has 1 aliphatic rings. The first-order valence-electron chi connectivity index (χ1n) is 7.88. The molecule has 1 atom stereocenters. The lowest BCUT2D eigenvalue weighted by Crippen LogP contribution is -2.33. The van der Waals surface area contributed by atoms with Crippen LogP contribution in [0.3, 0.4) is 0 Å². The monoisotopic (exact) mass is 294 g/mol. The van der Waals surface area contributed by atoms with Crippen LogP contribution in [0.4, 0.5) is 5.69 Å². The lowest BCUT2D eigenvalue weighted by atomic mass is 10.1. The van der Waals surface area contributed by atoms with Gasteiger partial charge in [-0.15, -0.1) is 0 Å². The Morgan fingerprint density at radius 2 is 1.73 bits per heavy atom. The zero-order valence-corrected chi connectivity index (χ0v) is 13.1. The molecule has 0 spiro atoms. The summed E-state index contributed by atoms with van der Waals surface area (Å²) in [6.45, 7) is 5.15. The lowest BCUT2D eigenvalue weighted by molar-refractivity contribution is 0.0735. The van der Waals surface area contributed by atoms with Crippen LogP contribution in [0.15, 0.2) is 54.6 Å². The highest BCUT2D eigenvalue weighted by Crippen LogP contribution is 2.34. The van der Waals surface area contributed by atoms with E-state index in [0.29, 0.717) is 5.92 Å². The molecule has 1 unspecified atom stereocenters. The van der Waals surface area contributed by atoms with E-state index in [2.05, 4.69) is 19.2 Å². The van der Waals surface area contributed by atoms with Crippen molar-refractivity contribution in [2.24, 2.45) is 5.92 Å². The van der Waals surface area contributed by atoms with E-state index in [1.54, 1.807) is 0 Å². The second kappa shape index (κ2) is 6.22. The second-order valence-corrected chi connectivity index (χ2v) is 6.18. The molecule has 22 heavy (non-hydrogen) atoms. The molecule has 1 amide bonds. The number of carbonyl (C=O) groups is 1. The molecule has 1 aliphatic heterocycles. The Hall–Kier alpha value is -2.29. The Labute approximate surface area is 132 Å². The van der Waals surface area contributed by atoms with Crippen molar-refractivity contribution < 1.29 is 4.79 Å². The molecule has 3 rings (SSSR count). The number of hydrogen-bond acceptors (Lipinski definition) is 2. The quantitative estimate of drug-likeness (QED) is 0.891. The molecule has 0 fully saturated rings. The van der Waals surface area contributed by atoms with Gasteiger partial charge in [-0.25, -0.2) is 0 Å². The topological polar surface area (TPSA) is 32.3 Å². The van der Waals surface area contributed by atoms with Crippen molar-refractivity contribution >= 4 is 11.6 Å². The lowest BCUT2D eigenvalue weighted by Gasteiger charge is -2.27. The summed E-state index contributed by atoms with van der Waals surface area (Å²) in [5, 5.41) is 3.51. The molecule has 3 heteroatoms. The summed E-state index contributed by atoms with van der Waals surface area (Å²) < 4.78 is 0. The van der Waals surface area contributed by atoms with Crippen LogP contribution in [0, 0.1) is 5.92 Å². The summed E-state index contributed by atoms with van der Waals surface area (Å²) in [5.74, 6) is 0.707. The van der Waals surface area contributed by atoms with E-state index in [1.165, 1.54) is 0 Å². The molecule has 0 saturated carbocycles. The number of anilines is 1. The molecule has 0 aromatic heterocycles. The Bertz CT molecular complexity index is 651. The number of para-hydroxylation sites is 1. The fourth-order valence-corrected chi connectivity index (χ4v) is 2.85. The van der Waals surface area contributed by atoms with Gasteiger partial charge in [0.2, 0.25) is 0 Å². The van der Waals surface area contributed by atoms with Crippen molar-refractivity contribution in [3.63, 3.8) is 0 Å². The molecule has 2 aromatic carbocycles. The maximum absolute atomic E-state index is 12.7. The van der Waals surface area contributed by atoms with E-state index in [-0.39, 0.29) is 12.1 Å². The van der Waals surface area contributed by atoms with Gasteiger partial charge in [0, 0.05) is 23.4 Å². The standard InChI is InChI=1S/C19H22N2O/c1-14(2)12-13-21-18(20-15-8-4-3-5-9-15)16-10-6-7-11-17(16)19(21)22/h3-11,14,18,20H,12-13H2,1-2H3. The van der Waals surface area contributed by atoms with E-state index >= 15 is 0 Å². The number of rotatable bonds is 5. The number of nitrogens with one attached hydrogen (secondary N) is 1. The van der Waals surface area contributed by atoms with Gasteiger partial charge in [-0.1, -0.05) is 50.2 Å². The van der Waals surface area contributed by atoms with E-state index in [0.717, 1.165) is 29.8 Å². The number of amides is 1. The molecule has 0 aliphatic carbocycles. The van der Waals surface area contributed by atoms with Gasteiger partial charge in [0.25, 0.3) is 5.91 Å². The predicted octanol–water partition coefficient (Wildman–Crippen LogP) is 4.30. The first-order chi connectivity index (χ1) is 10.7. The zero-order chi connectivity index (χ0) is 15.5. The van der Waals surface area contributed by atoms with E-state index in [4.69, 9.17) is 0 Å². The average Bonchev–Trinajstić information content (AvgIpc) is 2.79. The molecule has 114 valence electrons. The van der Waals surface area contributed by atoms with Crippen LogP contribution in [-0.4, -0.2) is 17.4 Å². The molecule has 0 radical (unpaired) electrons. The maximum atomic E-state index is 12.7. The number of nitrogens with zero attached hydrogens (tertiary/aromatic N) is 1. The SMILES string of the molecule is CC(C)CCN1C(=O)c2ccccc2C1Nc1ccccc1. The minimum atomic E-state index is -0.0788. The fourth-order valence-electron chi connectivity index (χ4n) is 2.85. The van der Waals surface area contributed by atoms with Gasteiger partial charge in [0.1, 0.15) is 6.17 Å². The van der Waals surface area contributed by atoms with Crippen LogP contribution in [0.2, 0.25) is 0 Å². The number of fused-ring (bicyclic) bond motifs is 1. The van der Waals surface area contributed by atoms with Gasteiger partial charge < -0.3 is 10.2 Å².